The highest BCUT2D eigenvalue weighted by Gasteiger charge is 2.30. The number of para-hydroxylation sites is 1. The molecule has 1 heterocycles. The average molecular weight is 297 g/mol. The summed E-state index contributed by atoms with van der Waals surface area (Å²) in [6, 6.07) is 8.00. The van der Waals surface area contributed by atoms with Gasteiger partial charge in [0.15, 0.2) is 0 Å². The maximum Gasteiger partial charge on any atom is 0.303 e. The highest BCUT2D eigenvalue weighted by Crippen LogP contribution is 2.34. The van der Waals surface area contributed by atoms with Crippen molar-refractivity contribution >= 4 is 15.9 Å². The van der Waals surface area contributed by atoms with Crippen LogP contribution in [0.4, 0.5) is 5.69 Å². The fourth-order valence-corrected chi connectivity index (χ4v) is 3.79. The molecule has 0 saturated carbocycles. The summed E-state index contributed by atoms with van der Waals surface area (Å²) >= 11 is 0. The lowest BCUT2D eigenvalue weighted by molar-refractivity contribution is 0.504. The van der Waals surface area contributed by atoms with Crippen LogP contribution in [0.2, 0.25) is 0 Å². The maximum absolute atomic E-state index is 12.5. The number of hydrogen-bond acceptors (Lipinski definition) is 3. The molecule has 0 aliphatic carbocycles. The molecule has 20 heavy (non-hydrogen) atoms. The van der Waals surface area contributed by atoms with E-state index in [0.29, 0.717) is 6.54 Å². The topological polar surface area (TPSA) is 52.7 Å². The first kappa shape index (κ1) is 15.3. The minimum Gasteiger partial charge on any atom is -0.310 e. The van der Waals surface area contributed by atoms with E-state index in [4.69, 9.17) is 0 Å². The second-order valence-electron chi connectivity index (χ2n) is 5.17. The standard InChI is InChI=1S/C14H23N3O2S/c1-4-15-13-9-7-11-17(20(18,19)16(2)3)14-10-6-5-8-12(13)14/h5-6,8,10,13,15H,4,7,9,11H2,1-3H3. The van der Waals surface area contributed by atoms with Crippen molar-refractivity contribution in [1.82, 2.24) is 9.62 Å². The van der Waals surface area contributed by atoms with Gasteiger partial charge in [-0.15, -0.1) is 0 Å². The largest absolute Gasteiger partial charge is 0.310 e. The SMILES string of the molecule is CCNC1CCCN(S(=O)(=O)N(C)C)c2ccccc21. The van der Waals surface area contributed by atoms with Gasteiger partial charge in [-0.25, -0.2) is 0 Å². The summed E-state index contributed by atoms with van der Waals surface area (Å²) in [7, 11) is -0.288. The van der Waals surface area contributed by atoms with E-state index in [0.717, 1.165) is 30.6 Å². The van der Waals surface area contributed by atoms with Crippen molar-refractivity contribution in [2.24, 2.45) is 0 Å². The molecular weight excluding hydrogens is 274 g/mol. The first-order chi connectivity index (χ1) is 9.48. The van der Waals surface area contributed by atoms with Crippen LogP contribution in [0.1, 0.15) is 31.4 Å². The Bertz CT molecular complexity index is 557. The summed E-state index contributed by atoms with van der Waals surface area (Å²) in [5.41, 5.74) is 1.86. The Morgan fingerprint density at radius 1 is 1.35 bits per heavy atom. The highest BCUT2D eigenvalue weighted by atomic mass is 32.2. The molecule has 1 aromatic rings. The highest BCUT2D eigenvalue weighted by molar-refractivity contribution is 7.90. The Hall–Kier alpha value is -1.11. The normalized spacial score (nSPS) is 19.8. The monoisotopic (exact) mass is 297 g/mol. The molecule has 0 amide bonds. The second-order valence-corrected chi connectivity index (χ2v) is 7.24. The summed E-state index contributed by atoms with van der Waals surface area (Å²) in [5, 5.41) is 3.45. The fraction of sp³-hybridized carbons (Fsp3) is 0.571. The van der Waals surface area contributed by atoms with Gasteiger partial charge in [0.25, 0.3) is 0 Å². The minimum atomic E-state index is -3.44. The van der Waals surface area contributed by atoms with E-state index in [1.807, 2.05) is 24.3 Å². The predicted octanol–water partition coefficient (Wildman–Crippen LogP) is 1.74. The average Bonchev–Trinajstić information content (AvgIpc) is 2.59. The van der Waals surface area contributed by atoms with Gasteiger partial charge in [-0.1, -0.05) is 25.1 Å². The van der Waals surface area contributed by atoms with E-state index in [-0.39, 0.29) is 6.04 Å². The summed E-state index contributed by atoms with van der Waals surface area (Å²) in [5.74, 6) is 0. The van der Waals surface area contributed by atoms with Gasteiger partial charge in [0.2, 0.25) is 0 Å². The smallest absolute Gasteiger partial charge is 0.303 e. The number of benzene rings is 1. The molecule has 0 spiro atoms. The molecule has 0 radical (unpaired) electrons. The van der Waals surface area contributed by atoms with Gasteiger partial charge in [0.1, 0.15) is 0 Å². The van der Waals surface area contributed by atoms with Crippen molar-refractivity contribution in [2.75, 3.05) is 31.5 Å². The van der Waals surface area contributed by atoms with Crippen molar-refractivity contribution < 1.29 is 8.42 Å². The first-order valence-corrected chi connectivity index (χ1v) is 8.40. The number of rotatable bonds is 4. The van der Waals surface area contributed by atoms with Crippen LogP contribution in [-0.4, -0.2) is 39.9 Å². The Labute approximate surface area is 121 Å². The quantitative estimate of drug-likeness (QED) is 0.921. The molecule has 112 valence electrons. The predicted molar refractivity (Wildman–Crippen MR) is 82.0 cm³/mol. The van der Waals surface area contributed by atoms with Gasteiger partial charge >= 0.3 is 10.2 Å². The molecule has 1 aromatic carbocycles. The number of anilines is 1. The number of fused-ring (bicyclic) bond motifs is 1. The zero-order chi connectivity index (χ0) is 14.8. The summed E-state index contributed by atoms with van der Waals surface area (Å²) in [6.45, 7) is 3.47. The molecule has 0 aromatic heterocycles. The molecule has 1 atom stereocenters. The van der Waals surface area contributed by atoms with Crippen LogP contribution in [0.25, 0.3) is 0 Å². The fourth-order valence-electron chi connectivity index (χ4n) is 2.62. The molecule has 1 aliphatic rings. The third-order valence-electron chi connectivity index (χ3n) is 3.63. The van der Waals surface area contributed by atoms with Crippen molar-refractivity contribution in [3.05, 3.63) is 29.8 Å². The zero-order valence-corrected chi connectivity index (χ0v) is 13.2. The lowest BCUT2D eigenvalue weighted by atomic mass is 10.0. The van der Waals surface area contributed by atoms with Crippen molar-refractivity contribution in [2.45, 2.75) is 25.8 Å². The summed E-state index contributed by atoms with van der Waals surface area (Å²) < 4.78 is 27.8. The number of nitrogens with one attached hydrogen (secondary N) is 1. The van der Waals surface area contributed by atoms with Gasteiger partial charge < -0.3 is 5.32 Å². The van der Waals surface area contributed by atoms with Gasteiger partial charge in [-0.3, -0.25) is 4.31 Å². The zero-order valence-electron chi connectivity index (χ0n) is 12.3. The van der Waals surface area contributed by atoms with Crippen molar-refractivity contribution in [3.8, 4) is 0 Å². The van der Waals surface area contributed by atoms with Crippen LogP contribution in [-0.2, 0) is 10.2 Å². The Morgan fingerprint density at radius 2 is 2.05 bits per heavy atom. The van der Waals surface area contributed by atoms with E-state index in [1.54, 1.807) is 14.1 Å². The molecule has 1 aliphatic heterocycles. The van der Waals surface area contributed by atoms with Gasteiger partial charge in [0.05, 0.1) is 5.69 Å². The van der Waals surface area contributed by atoms with E-state index in [2.05, 4.69) is 12.2 Å². The lowest BCUT2D eigenvalue weighted by Gasteiger charge is -2.28. The van der Waals surface area contributed by atoms with Crippen LogP contribution in [0, 0.1) is 0 Å². The first-order valence-electron chi connectivity index (χ1n) is 7.01. The van der Waals surface area contributed by atoms with Crippen LogP contribution in [0.5, 0.6) is 0 Å². The van der Waals surface area contributed by atoms with Crippen molar-refractivity contribution in [1.29, 1.82) is 0 Å². The van der Waals surface area contributed by atoms with Gasteiger partial charge in [-0.2, -0.15) is 12.7 Å². The van der Waals surface area contributed by atoms with Crippen LogP contribution >= 0.6 is 0 Å². The molecule has 0 bridgehead atoms. The third-order valence-corrected chi connectivity index (χ3v) is 5.48. The minimum absolute atomic E-state index is 0.221. The maximum atomic E-state index is 12.5. The van der Waals surface area contributed by atoms with E-state index < -0.39 is 10.2 Å². The molecule has 0 fully saturated rings. The Kier molecular flexibility index (Phi) is 4.67. The van der Waals surface area contributed by atoms with Crippen molar-refractivity contribution in [3.63, 3.8) is 0 Å². The van der Waals surface area contributed by atoms with Crippen LogP contribution in [0.3, 0.4) is 0 Å². The number of hydrogen-bond donors (Lipinski definition) is 1. The van der Waals surface area contributed by atoms with E-state index in [1.165, 1.54) is 8.61 Å². The Morgan fingerprint density at radius 3 is 2.70 bits per heavy atom. The van der Waals surface area contributed by atoms with Gasteiger partial charge in [0, 0.05) is 26.7 Å². The molecule has 1 N–H and O–H groups in total. The third kappa shape index (κ3) is 2.82. The van der Waals surface area contributed by atoms with Gasteiger partial charge in [-0.05, 0) is 31.0 Å². The van der Waals surface area contributed by atoms with Crippen LogP contribution < -0.4 is 9.62 Å². The molecular formula is C14H23N3O2S. The summed E-state index contributed by atoms with van der Waals surface area (Å²) in [4.78, 5) is 0. The molecule has 5 nitrogen and oxygen atoms in total. The van der Waals surface area contributed by atoms with Crippen LogP contribution in [0.15, 0.2) is 24.3 Å². The molecule has 1 unspecified atom stereocenters. The molecule has 0 saturated heterocycles. The van der Waals surface area contributed by atoms with E-state index >= 15 is 0 Å². The summed E-state index contributed by atoms with van der Waals surface area (Å²) in [6.07, 6.45) is 1.80. The molecule has 2 rings (SSSR count). The Balaban J connectivity index is 2.49. The number of nitrogens with zero attached hydrogens (tertiary/aromatic N) is 2. The molecule has 6 heteroatoms. The lowest BCUT2D eigenvalue weighted by Crippen LogP contribution is -2.40. The van der Waals surface area contributed by atoms with E-state index in [9.17, 15) is 8.42 Å². The second kappa shape index (κ2) is 6.11.